The zero-order valence-electron chi connectivity index (χ0n) is 15.4. The third-order valence-corrected chi connectivity index (χ3v) is 7.30. The quantitative estimate of drug-likeness (QED) is 0.739. The molecule has 7 heteroatoms. The molecule has 0 heterocycles. The highest BCUT2D eigenvalue weighted by Gasteiger charge is 2.41. The lowest BCUT2D eigenvalue weighted by Gasteiger charge is -2.30. The first-order chi connectivity index (χ1) is 13.0. The Balaban J connectivity index is 1.85. The van der Waals surface area contributed by atoms with E-state index in [1.54, 1.807) is 0 Å². The van der Waals surface area contributed by atoms with E-state index in [0.717, 1.165) is 29.2 Å². The molecule has 0 amide bonds. The second-order valence-electron chi connectivity index (χ2n) is 7.01. The molecule has 0 aliphatic heterocycles. The van der Waals surface area contributed by atoms with Crippen molar-refractivity contribution in [1.82, 2.24) is 4.72 Å². The lowest BCUT2D eigenvalue weighted by molar-refractivity contribution is -0.146. The Morgan fingerprint density at radius 3 is 2.59 bits per heavy atom. The maximum absolute atomic E-state index is 13.0. The number of benzene rings is 2. The van der Waals surface area contributed by atoms with E-state index >= 15 is 0 Å². The third-order valence-electron chi connectivity index (χ3n) is 5.32. The summed E-state index contributed by atoms with van der Waals surface area (Å²) in [7, 11) is -2.43. The van der Waals surface area contributed by atoms with Gasteiger partial charge in [-0.1, -0.05) is 49.2 Å². The van der Waals surface area contributed by atoms with Gasteiger partial charge < -0.3 is 10.5 Å². The van der Waals surface area contributed by atoms with Crippen LogP contribution in [0.4, 0.5) is 0 Å². The molecule has 0 spiro atoms. The molecule has 3 N–H and O–H groups in total. The topological polar surface area (TPSA) is 98.5 Å². The molecule has 0 aromatic heterocycles. The zero-order valence-corrected chi connectivity index (χ0v) is 16.2. The highest BCUT2D eigenvalue weighted by atomic mass is 32.2. The molecule has 0 bridgehead atoms. The molecule has 3 unspecified atom stereocenters. The number of nitrogens with one attached hydrogen (secondary N) is 1. The number of carbonyl (C=O) groups is 1. The summed E-state index contributed by atoms with van der Waals surface area (Å²) in [5.74, 6) is -1.09. The van der Waals surface area contributed by atoms with Crippen molar-refractivity contribution < 1.29 is 17.9 Å². The van der Waals surface area contributed by atoms with Crippen molar-refractivity contribution in [3.63, 3.8) is 0 Å². The van der Waals surface area contributed by atoms with Gasteiger partial charge in [0, 0.05) is 6.54 Å². The number of hydrogen-bond acceptors (Lipinski definition) is 5. The second kappa shape index (κ2) is 8.37. The Morgan fingerprint density at radius 1 is 1.19 bits per heavy atom. The number of fused-ring (bicyclic) bond motifs is 1. The highest BCUT2D eigenvalue weighted by Crippen LogP contribution is 2.31. The van der Waals surface area contributed by atoms with Crippen LogP contribution in [-0.4, -0.2) is 33.3 Å². The van der Waals surface area contributed by atoms with Crippen molar-refractivity contribution in [2.45, 2.75) is 37.0 Å². The summed E-state index contributed by atoms with van der Waals surface area (Å²) in [6, 6.07) is 13.1. The van der Waals surface area contributed by atoms with Gasteiger partial charge in [-0.05, 0) is 35.2 Å². The van der Waals surface area contributed by atoms with Gasteiger partial charge in [0.25, 0.3) is 0 Å². The third kappa shape index (κ3) is 4.31. The minimum absolute atomic E-state index is 0.132. The van der Waals surface area contributed by atoms with Gasteiger partial charge in [0.1, 0.15) is 0 Å². The molecule has 1 aliphatic carbocycles. The first kappa shape index (κ1) is 19.8. The van der Waals surface area contributed by atoms with Gasteiger partial charge in [0.2, 0.25) is 10.0 Å². The Labute approximate surface area is 160 Å². The van der Waals surface area contributed by atoms with Crippen molar-refractivity contribution in [3.05, 3.63) is 48.0 Å². The number of carbonyl (C=O) groups excluding carboxylic acids is 1. The van der Waals surface area contributed by atoms with Gasteiger partial charge in [0.05, 0.1) is 24.3 Å². The summed E-state index contributed by atoms with van der Waals surface area (Å²) >= 11 is 0. The summed E-state index contributed by atoms with van der Waals surface area (Å²) < 4.78 is 33.7. The molecule has 0 saturated heterocycles. The molecule has 2 aromatic rings. The van der Waals surface area contributed by atoms with Crippen LogP contribution in [0.25, 0.3) is 10.8 Å². The minimum atomic E-state index is -3.73. The lowest BCUT2D eigenvalue weighted by Crippen LogP contribution is -2.46. The first-order valence-corrected chi connectivity index (χ1v) is 10.8. The zero-order chi connectivity index (χ0) is 19.4. The molecule has 146 valence electrons. The molecular weight excluding hydrogens is 364 g/mol. The fourth-order valence-corrected chi connectivity index (χ4v) is 5.81. The fraction of sp³-hybridized carbons (Fsp3) is 0.450. The van der Waals surface area contributed by atoms with Crippen molar-refractivity contribution in [2.75, 3.05) is 13.7 Å². The fourth-order valence-electron chi connectivity index (χ4n) is 3.85. The number of esters is 1. The van der Waals surface area contributed by atoms with E-state index in [-0.39, 0.29) is 6.54 Å². The Morgan fingerprint density at radius 2 is 1.89 bits per heavy atom. The maximum atomic E-state index is 13.0. The molecule has 3 atom stereocenters. The number of ether oxygens (including phenoxy) is 1. The van der Waals surface area contributed by atoms with Gasteiger partial charge in [-0.15, -0.1) is 0 Å². The molecule has 1 aliphatic rings. The van der Waals surface area contributed by atoms with Crippen molar-refractivity contribution in [3.8, 4) is 0 Å². The Kier molecular flexibility index (Phi) is 6.14. The summed E-state index contributed by atoms with van der Waals surface area (Å²) in [5.41, 5.74) is 6.70. The van der Waals surface area contributed by atoms with Gasteiger partial charge in [-0.2, -0.15) is 0 Å². The lowest BCUT2D eigenvalue weighted by atomic mass is 9.89. The normalized spacial score (nSPS) is 21.7. The van der Waals surface area contributed by atoms with Crippen LogP contribution in [0.3, 0.4) is 0 Å². The molecule has 1 saturated carbocycles. The first-order valence-electron chi connectivity index (χ1n) is 9.24. The van der Waals surface area contributed by atoms with Gasteiger partial charge in [-0.3, -0.25) is 4.79 Å². The van der Waals surface area contributed by atoms with E-state index in [2.05, 4.69) is 4.72 Å². The molecular formula is C20H26N2O4S. The molecule has 6 nitrogen and oxygen atoms in total. The monoisotopic (exact) mass is 390 g/mol. The Hall–Kier alpha value is -1.96. The van der Waals surface area contributed by atoms with Crippen LogP contribution >= 0.6 is 0 Å². The van der Waals surface area contributed by atoms with Crippen LogP contribution in [-0.2, 0) is 19.6 Å². The van der Waals surface area contributed by atoms with Gasteiger partial charge in [-0.25, -0.2) is 13.1 Å². The van der Waals surface area contributed by atoms with E-state index in [9.17, 15) is 13.2 Å². The maximum Gasteiger partial charge on any atom is 0.310 e. The van der Waals surface area contributed by atoms with E-state index in [0.29, 0.717) is 12.8 Å². The summed E-state index contributed by atoms with van der Waals surface area (Å²) in [6.07, 6.45) is 2.59. The number of hydrogen-bond donors (Lipinski definition) is 2. The molecule has 0 radical (unpaired) electrons. The largest absolute Gasteiger partial charge is 0.469 e. The molecule has 2 aromatic carbocycles. The average Bonchev–Trinajstić information content (AvgIpc) is 2.71. The van der Waals surface area contributed by atoms with Crippen LogP contribution in [0.5, 0.6) is 0 Å². The summed E-state index contributed by atoms with van der Waals surface area (Å²) in [4.78, 5) is 12.1. The van der Waals surface area contributed by atoms with E-state index in [1.807, 2.05) is 42.5 Å². The van der Waals surface area contributed by atoms with Gasteiger partial charge >= 0.3 is 5.97 Å². The minimum Gasteiger partial charge on any atom is -0.469 e. The van der Waals surface area contributed by atoms with Gasteiger partial charge in [0.15, 0.2) is 0 Å². The van der Waals surface area contributed by atoms with E-state index in [4.69, 9.17) is 10.5 Å². The van der Waals surface area contributed by atoms with E-state index < -0.39 is 33.2 Å². The predicted molar refractivity (Wildman–Crippen MR) is 106 cm³/mol. The van der Waals surface area contributed by atoms with Crippen molar-refractivity contribution in [1.29, 1.82) is 0 Å². The molecule has 1 fully saturated rings. The highest BCUT2D eigenvalue weighted by molar-refractivity contribution is 7.90. The van der Waals surface area contributed by atoms with Crippen LogP contribution < -0.4 is 10.5 Å². The van der Waals surface area contributed by atoms with E-state index in [1.165, 1.54) is 7.11 Å². The second-order valence-corrected chi connectivity index (χ2v) is 8.94. The smallest absolute Gasteiger partial charge is 0.310 e. The predicted octanol–water partition coefficient (Wildman–Crippen LogP) is 2.49. The number of sulfonamides is 1. The average molecular weight is 391 g/mol. The van der Waals surface area contributed by atoms with Crippen LogP contribution in [0.2, 0.25) is 0 Å². The molecule has 27 heavy (non-hydrogen) atoms. The summed E-state index contributed by atoms with van der Waals surface area (Å²) in [6.45, 7) is 0.132. The number of methoxy groups -OCH3 is 1. The SMILES string of the molecule is COC(=O)C1CCCCC1S(=O)(=O)NC(CN)c1ccc2ccccc2c1. The van der Waals surface area contributed by atoms with Crippen molar-refractivity contribution in [2.24, 2.45) is 11.7 Å². The number of nitrogens with two attached hydrogens (primary N) is 1. The standard InChI is InChI=1S/C20H26N2O4S/c1-26-20(23)17-8-4-5-9-19(17)27(24,25)22-18(13-21)16-11-10-14-6-2-3-7-15(14)12-16/h2-3,6-7,10-12,17-19,22H,4-5,8-9,13,21H2,1H3. The summed E-state index contributed by atoms with van der Waals surface area (Å²) in [5, 5.41) is 1.32. The van der Waals surface area contributed by atoms with Crippen LogP contribution in [0.1, 0.15) is 37.3 Å². The van der Waals surface area contributed by atoms with Crippen LogP contribution in [0.15, 0.2) is 42.5 Å². The van der Waals surface area contributed by atoms with Crippen LogP contribution in [0, 0.1) is 5.92 Å². The Bertz CT molecular complexity index is 913. The molecule has 3 rings (SSSR count). The van der Waals surface area contributed by atoms with Crippen molar-refractivity contribution >= 4 is 26.8 Å². The number of rotatable bonds is 6.